The summed E-state index contributed by atoms with van der Waals surface area (Å²) in [6.07, 6.45) is -1.75. The summed E-state index contributed by atoms with van der Waals surface area (Å²) >= 11 is 0. The van der Waals surface area contributed by atoms with Crippen molar-refractivity contribution in [1.82, 2.24) is 0 Å². The predicted octanol–water partition coefficient (Wildman–Crippen LogP) is 1.99. The Labute approximate surface area is 154 Å². The van der Waals surface area contributed by atoms with Gasteiger partial charge < -0.3 is 29.5 Å². The molecule has 142 valence electrons. The van der Waals surface area contributed by atoms with Gasteiger partial charge in [0.15, 0.2) is 11.5 Å². The van der Waals surface area contributed by atoms with Gasteiger partial charge in [0.05, 0.1) is 6.10 Å². The molecule has 1 aliphatic rings. The van der Waals surface area contributed by atoms with Crippen LogP contribution in [-0.4, -0.2) is 33.4 Å². The normalized spacial score (nSPS) is 18.2. The van der Waals surface area contributed by atoms with E-state index in [-0.39, 0.29) is 35.2 Å². The molecule has 0 amide bonds. The molecule has 0 saturated heterocycles. The number of rotatable bonds is 3. The fourth-order valence-electron chi connectivity index (χ4n) is 2.92. The summed E-state index contributed by atoms with van der Waals surface area (Å²) < 4.78 is 15.9. The van der Waals surface area contributed by atoms with Crippen molar-refractivity contribution in [2.24, 2.45) is 0 Å². The Morgan fingerprint density at radius 3 is 2.37 bits per heavy atom. The molecule has 0 radical (unpaired) electrons. The molecule has 0 saturated carbocycles. The zero-order valence-electron chi connectivity index (χ0n) is 14.6. The molecule has 0 aliphatic carbocycles. The fourth-order valence-corrected chi connectivity index (χ4v) is 2.92. The zero-order valence-corrected chi connectivity index (χ0v) is 14.6. The van der Waals surface area contributed by atoms with E-state index in [1.165, 1.54) is 38.1 Å². The highest BCUT2D eigenvalue weighted by molar-refractivity contribution is 5.73. The fraction of sp³-hybridized carbons (Fsp3) is 0.263. The van der Waals surface area contributed by atoms with Crippen LogP contribution in [0.2, 0.25) is 0 Å². The van der Waals surface area contributed by atoms with Crippen LogP contribution in [0.5, 0.6) is 28.7 Å². The Balaban J connectivity index is 1.97. The van der Waals surface area contributed by atoms with Crippen molar-refractivity contribution in [2.45, 2.75) is 32.5 Å². The lowest BCUT2D eigenvalue weighted by Gasteiger charge is -2.31. The zero-order chi connectivity index (χ0) is 19.7. The molecule has 0 bridgehead atoms. The smallest absolute Gasteiger partial charge is 0.308 e. The molecule has 2 aromatic carbocycles. The van der Waals surface area contributed by atoms with E-state index in [9.17, 15) is 24.9 Å². The van der Waals surface area contributed by atoms with Crippen molar-refractivity contribution in [1.29, 1.82) is 0 Å². The summed E-state index contributed by atoms with van der Waals surface area (Å²) in [5.74, 6) is -1.23. The summed E-state index contributed by atoms with van der Waals surface area (Å²) in [5, 5.41) is 30.0. The van der Waals surface area contributed by atoms with Gasteiger partial charge in [-0.15, -0.1) is 0 Å². The number of aliphatic hydroxyl groups is 1. The van der Waals surface area contributed by atoms with Crippen LogP contribution in [0.1, 0.15) is 31.1 Å². The number of aromatic hydroxyl groups is 2. The molecule has 0 spiro atoms. The number of hydrogen-bond acceptors (Lipinski definition) is 8. The first-order chi connectivity index (χ1) is 12.7. The number of phenols is 2. The van der Waals surface area contributed by atoms with Crippen LogP contribution in [0, 0.1) is 0 Å². The van der Waals surface area contributed by atoms with Crippen LogP contribution in [0.3, 0.4) is 0 Å². The summed E-state index contributed by atoms with van der Waals surface area (Å²) in [7, 11) is 0. The number of hydrogen-bond donors (Lipinski definition) is 3. The number of phenolic OH excluding ortho intramolecular Hbond substituents is 2. The number of esters is 2. The second kappa shape index (κ2) is 7.16. The molecule has 2 atom stereocenters. The monoisotopic (exact) mass is 374 g/mol. The van der Waals surface area contributed by atoms with Crippen LogP contribution in [0.15, 0.2) is 30.3 Å². The first-order valence-electron chi connectivity index (χ1n) is 8.15. The maximum atomic E-state index is 11.3. The summed E-state index contributed by atoms with van der Waals surface area (Å²) in [5.41, 5.74) is 0.844. The van der Waals surface area contributed by atoms with Crippen LogP contribution >= 0.6 is 0 Å². The van der Waals surface area contributed by atoms with Crippen LogP contribution in [-0.2, 0) is 16.0 Å². The minimum atomic E-state index is -1.00. The molecule has 3 N–H and O–H groups in total. The predicted molar refractivity (Wildman–Crippen MR) is 91.9 cm³/mol. The van der Waals surface area contributed by atoms with Crippen molar-refractivity contribution in [3.63, 3.8) is 0 Å². The van der Waals surface area contributed by atoms with Crippen LogP contribution in [0.25, 0.3) is 0 Å². The Morgan fingerprint density at radius 1 is 1.04 bits per heavy atom. The Morgan fingerprint density at radius 2 is 1.70 bits per heavy atom. The van der Waals surface area contributed by atoms with Crippen LogP contribution < -0.4 is 14.2 Å². The van der Waals surface area contributed by atoms with E-state index in [0.29, 0.717) is 11.1 Å². The molecule has 1 heterocycles. The second-order valence-corrected chi connectivity index (χ2v) is 6.14. The van der Waals surface area contributed by atoms with Crippen molar-refractivity contribution in [2.75, 3.05) is 0 Å². The Kier molecular flexibility index (Phi) is 4.91. The number of carbonyl (C=O) groups excluding carboxylic acids is 2. The SMILES string of the molecule is CC(=O)Oc1ccc(C2Oc3cc(O)cc(O)c3CC2O)cc1OC(C)=O. The molecule has 8 heteroatoms. The lowest BCUT2D eigenvalue weighted by molar-refractivity contribution is -0.134. The number of fused-ring (bicyclic) bond motifs is 1. The topological polar surface area (TPSA) is 123 Å². The van der Waals surface area contributed by atoms with E-state index in [1.807, 2.05) is 0 Å². The average molecular weight is 374 g/mol. The molecule has 2 aromatic rings. The van der Waals surface area contributed by atoms with Gasteiger partial charge in [0.25, 0.3) is 0 Å². The molecule has 8 nitrogen and oxygen atoms in total. The lowest BCUT2D eigenvalue weighted by Crippen LogP contribution is -2.30. The highest BCUT2D eigenvalue weighted by Gasteiger charge is 2.32. The standard InChI is InChI=1S/C19H18O8/c1-9(20)25-16-4-3-11(5-18(16)26-10(2)21)19-15(24)8-13-14(23)6-12(22)7-17(13)27-19/h3-7,15,19,22-24H,8H2,1-2H3. The molecular formula is C19H18O8. The van der Waals surface area contributed by atoms with E-state index in [0.717, 1.165) is 0 Å². The van der Waals surface area contributed by atoms with E-state index >= 15 is 0 Å². The van der Waals surface area contributed by atoms with Gasteiger partial charge in [-0.3, -0.25) is 9.59 Å². The third-order valence-electron chi connectivity index (χ3n) is 3.99. The second-order valence-electron chi connectivity index (χ2n) is 6.14. The van der Waals surface area contributed by atoms with Crippen LogP contribution in [0.4, 0.5) is 0 Å². The van der Waals surface area contributed by atoms with E-state index < -0.39 is 24.1 Å². The maximum absolute atomic E-state index is 11.3. The molecule has 3 rings (SSSR count). The summed E-state index contributed by atoms with van der Waals surface area (Å²) in [6, 6.07) is 6.94. The van der Waals surface area contributed by atoms with Gasteiger partial charge in [-0.2, -0.15) is 0 Å². The lowest BCUT2D eigenvalue weighted by atomic mass is 9.94. The van der Waals surface area contributed by atoms with Gasteiger partial charge in [-0.25, -0.2) is 0 Å². The van der Waals surface area contributed by atoms with Gasteiger partial charge in [-0.05, 0) is 17.7 Å². The average Bonchev–Trinajstić information content (AvgIpc) is 2.56. The number of ether oxygens (including phenoxy) is 3. The van der Waals surface area contributed by atoms with Crippen molar-refractivity contribution < 1.29 is 39.1 Å². The van der Waals surface area contributed by atoms with Gasteiger partial charge >= 0.3 is 11.9 Å². The van der Waals surface area contributed by atoms with Gasteiger partial charge in [0.1, 0.15) is 23.4 Å². The van der Waals surface area contributed by atoms with Gasteiger partial charge in [-0.1, -0.05) is 6.07 Å². The van der Waals surface area contributed by atoms with E-state index in [4.69, 9.17) is 14.2 Å². The molecule has 27 heavy (non-hydrogen) atoms. The van der Waals surface area contributed by atoms with Crippen molar-refractivity contribution >= 4 is 11.9 Å². The molecule has 0 fully saturated rings. The molecule has 0 aromatic heterocycles. The van der Waals surface area contributed by atoms with E-state index in [2.05, 4.69) is 0 Å². The number of aliphatic hydroxyl groups excluding tert-OH is 1. The first-order valence-corrected chi connectivity index (χ1v) is 8.15. The highest BCUT2D eigenvalue weighted by Crippen LogP contribution is 2.43. The van der Waals surface area contributed by atoms with Crippen molar-refractivity contribution in [3.05, 3.63) is 41.5 Å². The third kappa shape index (κ3) is 3.95. The number of carbonyl (C=O) groups is 2. The summed E-state index contributed by atoms with van der Waals surface area (Å²) in [4.78, 5) is 22.6. The van der Waals surface area contributed by atoms with Gasteiger partial charge in [0, 0.05) is 38.0 Å². The Hall–Kier alpha value is -3.26. The number of benzene rings is 2. The molecule has 2 unspecified atom stereocenters. The largest absolute Gasteiger partial charge is 0.508 e. The highest BCUT2D eigenvalue weighted by atomic mass is 16.6. The summed E-state index contributed by atoms with van der Waals surface area (Å²) in [6.45, 7) is 2.42. The quantitative estimate of drug-likeness (QED) is 0.551. The molecule has 1 aliphatic heterocycles. The van der Waals surface area contributed by atoms with Crippen molar-refractivity contribution in [3.8, 4) is 28.7 Å². The minimum Gasteiger partial charge on any atom is -0.508 e. The maximum Gasteiger partial charge on any atom is 0.308 e. The van der Waals surface area contributed by atoms with E-state index in [1.54, 1.807) is 6.07 Å². The first kappa shape index (κ1) is 18.5. The minimum absolute atomic E-state index is 0.00977. The van der Waals surface area contributed by atoms with Gasteiger partial charge in [0.2, 0.25) is 0 Å². The molecular weight excluding hydrogens is 356 g/mol. The Bertz CT molecular complexity index is 905. The third-order valence-corrected chi connectivity index (χ3v) is 3.99.